The van der Waals surface area contributed by atoms with Gasteiger partial charge in [0, 0.05) is 6.42 Å². The molecule has 0 amide bonds. The molecule has 0 bridgehead atoms. The molecule has 2 aliphatic rings. The highest BCUT2D eigenvalue weighted by molar-refractivity contribution is 5.93. The zero-order valence-electron chi connectivity index (χ0n) is 10.5. The highest BCUT2D eigenvalue weighted by atomic mass is 16.4. The fourth-order valence-corrected chi connectivity index (χ4v) is 3.30. The van der Waals surface area contributed by atoms with Crippen LogP contribution in [-0.4, -0.2) is 30.6 Å². The maximum absolute atomic E-state index is 9.16. The molecule has 0 radical (unpaired) electrons. The second kappa shape index (κ2) is 2.97. The number of nitrogens with one attached hydrogen (secondary N) is 1. The summed E-state index contributed by atoms with van der Waals surface area (Å²) in [7, 11) is 4.31. The first-order valence-electron chi connectivity index (χ1n) is 5.86. The first kappa shape index (κ1) is 10.9. The molecule has 3 nitrogen and oxygen atoms in total. The molecule has 15 heavy (non-hydrogen) atoms. The SMILES string of the molecule is C[NH+](C)[C@]1(C)C[C@@H]2[C@H](C/C1=N/O)C2(C)C. The van der Waals surface area contributed by atoms with Gasteiger partial charge in [-0.15, -0.1) is 0 Å². The van der Waals surface area contributed by atoms with Crippen molar-refractivity contribution in [3.05, 3.63) is 0 Å². The van der Waals surface area contributed by atoms with Crippen molar-refractivity contribution < 1.29 is 10.1 Å². The lowest BCUT2D eigenvalue weighted by Crippen LogP contribution is -3.16. The largest absolute Gasteiger partial charge is 0.411 e. The van der Waals surface area contributed by atoms with Crippen molar-refractivity contribution >= 4 is 5.71 Å². The van der Waals surface area contributed by atoms with Gasteiger partial charge in [-0.1, -0.05) is 19.0 Å². The molecule has 86 valence electrons. The molecule has 0 aromatic rings. The van der Waals surface area contributed by atoms with Crippen LogP contribution in [0.4, 0.5) is 0 Å². The van der Waals surface area contributed by atoms with Crippen LogP contribution in [0.5, 0.6) is 0 Å². The number of hydrogen-bond acceptors (Lipinski definition) is 2. The molecule has 2 fully saturated rings. The summed E-state index contributed by atoms with van der Waals surface area (Å²) in [6, 6.07) is 0. The number of nitrogens with zero attached hydrogens (tertiary/aromatic N) is 1. The van der Waals surface area contributed by atoms with E-state index in [9.17, 15) is 0 Å². The van der Waals surface area contributed by atoms with Crippen molar-refractivity contribution in [2.24, 2.45) is 22.4 Å². The molecular formula is C12H23N2O+. The first-order valence-corrected chi connectivity index (χ1v) is 5.86. The molecule has 2 saturated carbocycles. The van der Waals surface area contributed by atoms with Crippen LogP contribution in [0.25, 0.3) is 0 Å². The number of rotatable bonds is 1. The summed E-state index contributed by atoms with van der Waals surface area (Å²) in [6.45, 7) is 6.91. The average molecular weight is 211 g/mol. The minimum atomic E-state index is 0.0314. The Labute approximate surface area is 92.1 Å². The number of oxime groups is 1. The van der Waals surface area contributed by atoms with E-state index in [1.807, 2.05) is 0 Å². The fraction of sp³-hybridized carbons (Fsp3) is 0.917. The summed E-state index contributed by atoms with van der Waals surface area (Å²) in [6.07, 6.45) is 2.14. The van der Waals surface area contributed by atoms with Crippen molar-refractivity contribution in [3.8, 4) is 0 Å². The van der Waals surface area contributed by atoms with Crippen molar-refractivity contribution in [2.75, 3.05) is 14.1 Å². The Balaban J connectivity index is 2.27. The highest BCUT2D eigenvalue weighted by Crippen LogP contribution is 2.65. The second-order valence-electron chi connectivity index (χ2n) is 6.32. The monoisotopic (exact) mass is 211 g/mol. The summed E-state index contributed by atoms with van der Waals surface area (Å²) in [5, 5.41) is 12.7. The lowest BCUT2D eigenvalue weighted by molar-refractivity contribution is -0.901. The average Bonchev–Trinajstić information content (AvgIpc) is 2.66. The number of quaternary nitrogens is 1. The van der Waals surface area contributed by atoms with E-state index in [0.29, 0.717) is 5.41 Å². The van der Waals surface area contributed by atoms with Gasteiger partial charge in [0.05, 0.1) is 14.1 Å². The lowest BCUT2D eigenvalue weighted by atomic mass is 9.80. The maximum atomic E-state index is 9.16. The zero-order chi connectivity index (χ0) is 11.4. The van der Waals surface area contributed by atoms with Gasteiger partial charge >= 0.3 is 0 Å². The van der Waals surface area contributed by atoms with E-state index in [0.717, 1.165) is 30.4 Å². The summed E-state index contributed by atoms with van der Waals surface area (Å²) >= 11 is 0. The fourth-order valence-electron chi connectivity index (χ4n) is 3.30. The summed E-state index contributed by atoms with van der Waals surface area (Å²) in [5.41, 5.74) is 1.49. The zero-order valence-corrected chi connectivity index (χ0v) is 10.5. The van der Waals surface area contributed by atoms with Crippen LogP contribution >= 0.6 is 0 Å². The van der Waals surface area contributed by atoms with Crippen LogP contribution in [0.2, 0.25) is 0 Å². The van der Waals surface area contributed by atoms with Crippen LogP contribution in [0.1, 0.15) is 33.6 Å². The van der Waals surface area contributed by atoms with E-state index >= 15 is 0 Å². The van der Waals surface area contributed by atoms with Gasteiger partial charge in [0.25, 0.3) is 0 Å². The predicted molar refractivity (Wildman–Crippen MR) is 60.4 cm³/mol. The van der Waals surface area contributed by atoms with Crippen LogP contribution in [-0.2, 0) is 0 Å². The summed E-state index contributed by atoms with van der Waals surface area (Å²) < 4.78 is 0. The topological polar surface area (TPSA) is 37.0 Å². The van der Waals surface area contributed by atoms with E-state index in [4.69, 9.17) is 5.21 Å². The van der Waals surface area contributed by atoms with Crippen molar-refractivity contribution in [3.63, 3.8) is 0 Å². The molecule has 0 heterocycles. The molecular weight excluding hydrogens is 188 g/mol. The number of hydrogen-bond donors (Lipinski definition) is 2. The summed E-state index contributed by atoms with van der Waals surface area (Å²) in [4.78, 5) is 1.37. The van der Waals surface area contributed by atoms with Gasteiger partial charge in [-0.3, -0.25) is 0 Å². The van der Waals surface area contributed by atoms with Gasteiger partial charge in [-0.2, -0.15) is 0 Å². The molecule has 3 heteroatoms. The van der Waals surface area contributed by atoms with Gasteiger partial charge in [0.1, 0.15) is 11.3 Å². The Morgan fingerprint density at radius 3 is 2.33 bits per heavy atom. The van der Waals surface area contributed by atoms with Gasteiger partial charge in [0.15, 0.2) is 0 Å². The Bertz CT molecular complexity index is 309. The van der Waals surface area contributed by atoms with Crippen LogP contribution < -0.4 is 4.90 Å². The van der Waals surface area contributed by atoms with Crippen molar-refractivity contribution in [1.82, 2.24) is 0 Å². The molecule has 2 N–H and O–H groups in total. The van der Waals surface area contributed by atoms with Gasteiger partial charge < -0.3 is 10.1 Å². The third-order valence-electron chi connectivity index (χ3n) is 5.19. The molecule has 0 spiro atoms. The minimum absolute atomic E-state index is 0.0314. The standard InChI is InChI=1S/C12H22N2O/c1-11(2)8-6-10(13-15)12(3,14(4)5)7-9(8)11/h8-9,15H,6-7H2,1-5H3/p+1/b13-10-/t8-,9+,12+/m0/s1. The smallest absolute Gasteiger partial charge is 0.137 e. The van der Waals surface area contributed by atoms with E-state index < -0.39 is 0 Å². The molecule has 0 aromatic carbocycles. The van der Waals surface area contributed by atoms with E-state index in [1.54, 1.807) is 0 Å². The summed E-state index contributed by atoms with van der Waals surface area (Å²) in [5.74, 6) is 1.57. The molecule has 3 atom stereocenters. The molecule has 2 aliphatic carbocycles. The minimum Gasteiger partial charge on any atom is -0.411 e. The Hall–Kier alpha value is -0.570. The van der Waals surface area contributed by atoms with E-state index in [1.165, 1.54) is 4.90 Å². The molecule has 2 rings (SSSR count). The Morgan fingerprint density at radius 2 is 1.87 bits per heavy atom. The number of fused-ring (bicyclic) bond motifs is 1. The Kier molecular flexibility index (Phi) is 2.16. The molecule has 0 aromatic heterocycles. The van der Waals surface area contributed by atoms with Crippen molar-refractivity contribution in [1.29, 1.82) is 0 Å². The van der Waals surface area contributed by atoms with Crippen LogP contribution in [0.3, 0.4) is 0 Å². The second-order valence-corrected chi connectivity index (χ2v) is 6.32. The lowest BCUT2D eigenvalue weighted by Gasteiger charge is -2.36. The predicted octanol–water partition coefficient (Wildman–Crippen LogP) is 0.786. The normalized spacial score (nSPS) is 45.6. The molecule has 0 unspecified atom stereocenters. The third kappa shape index (κ3) is 1.32. The molecule has 0 aliphatic heterocycles. The van der Waals surface area contributed by atoms with Gasteiger partial charge in [0.2, 0.25) is 0 Å². The maximum Gasteiger partial charge on any atom is 0.137 e. The van der Waals surface area contributed by atoms with Gasteiger partial charge in [-0.25, -0.2) is 0 Å². The Morgan fingerprint density at radius 1 is 1.27 bits per heavy atom. The van der Waals surface area contributed by atoms with E-state index in [-0.39, 0.29) is 5.54 Å². The van der Waals surface area contributed by atoms with Crippen LogP contribution in [0, 0.1) is 17.3 Å². The highest BCUT2D eigenvalue weighted by Gasteiger charge is 2.65. The van der Waals surface area contributed by atoms with Gasteiger partial charge in [-0.05, 0) is 30.6 Å². The van der Waals surface area contributed by atoms with E-state index in [2.05, 4.69) is 40.0 Å². The van der Waals surface area contributed by atoms with Crippen molar-refractivity contribution in [2.45, 2.75) is 39.2 Å². The quantitative estimate of drug-likeness (QED) is 0.488. The van der Waals surface area contributed by atoms with Crippen LogP contribution in [0.15, 0.2) is 5.16 Å². The molecule has 0 saturated heterocycles. The third-order valence-corrected chi connectivity index (χ3v) is 5.19. The first-order chi connectivity index (χ1) is 6.84.